The molecular weight excluding hydrogens is 264 g/mol. The SMILES string of the molecule is Cn1ccnc1.NCC(=O)NCC(=O)O.[Cu]. The number of aliphatic carboxylic acids is 1. The third kappa shape index (κ3) is 10.7. The fourth-order valence-electron chi connectivity index (χ4n) is 0.572. The Morgan fingerprint density at radius 1 is 1.56 bits per heavy atom. The van der Waals surface area contributed by atoms with Crippen LogP contribution in [0.3, 0.4) is 0 Å². The Hall–Kier alpha value is -1.37. The van der Waals surface area contributed by atoms with Gasteiger partial charge in [-0.25, -0.2) is 4.98 Å². The van der Waals surface area contributed by atoms with E-state index in [9.17, 15) is 9.59 Å². The van der Waals surface area contributed by atoms with Gasteiger partial charge in [-0.3, -0.25) is 9.59 Å². The van der Waals surface area contributed by atoms with Gasteiger partial charge in [-0.1, -0.05) is 0 Å². The maximum atomic E-state index is 10.2. The quantitative estimate of drug-likeness (QED) is 0.587. The van der Waals surface area contributed by atoms with Gasteiger partial charge in [-0.2, -0.15) is 0 Å². The van der Waals surface area contributed by atoms with Gasteiger partial charge >= 0.3 is 5.97 Å². The molecule has 7 nitrogen and oxygen atoms in total. The van der Waals surface area contributed by atoms with E-state index in [2.05, 4.69) is 10.3 Å². The predicted octanol–water partition coefficient (Wildman–Crippen LogP) is -1.44. The molecule has 8 heteroatoms. The minimum absolute atomic E-state index is 0. The molecule has 0 fully saturated rings. The molecule has 95 valence electrons. The summed E-state index contributed by atoms with van der Waals surface area (Å²) in [6.07, 6.45) is 5.39. The van der Waals surface area contributed by atoms with Gasteiger partial charge in [0.05, 0.1) is 12.9 Å². The van der Waals surface area contributed by atoms with Crippen LogP contribution in [0.2, 0.25) is 0 Å². The standard InChI is InChI=1S/C4H8N2O3.C4H6N2.Cu/c5-1-3(7)6-2-4(8)9;1-6-3-2-5-4-6;/h1-2,5H2,(H,6,7)(H,8,9);2-4H,1H3;. The van der Waals surface area contributed by atoms with Crippen LogP contribution >= 0.6 is 0 Å². The number of aryl methyl sites for hydroxylation is 1. The van der Waals surface area contributed by atoms with E-state index in [1.807, 2.05) is 17.8 Å². The second kappa shape index (κ2) is 10.2. The Balaban J connectivity index is 0. The van der Waals surface area contributed by atoms with Gasteiger partial charge in [-0.15, -0.1) is 0 Å². The number of nitrogens with one attached hydrogen (secondary N) is 1. The topological polar surface area (TPSA) is 110 Å². The molecule has 1 radical (unpaired) electrons. The fourth-order valence-corrected chi connectivity index (χ4v) is 0.572. The van der Waals surface area contributed by atoms with Crippen molar-refractivity contribution in [1.82, 2.24) is 14.9 Å². The minimum atomic E-state index is -1.07. The van der Waals surface area contributed by atoms with Crippen LogP contribution in [0.15, 0.2) is 18.7 Å². The van der Waals surface area contributed by atoms with E-state index in [4.69, 9.17) is 10.8 Å². The first-order valence-corrected chi connectivity index (χ1v) is 4.16. The van der Waals surface area contributed by atoms with Crippen molar-refractivity contribution in [2.45, 2.75) is 0 Å². The second-order valence-electron chi connectivity index (χ2n) is 2.60. The molecule has 1 amide bonds. The van der Waals surface area contributed by atoms with E-state index in [0.29, 0.717) is 0 Å². The van der Waals surface area contributed by atoms with Crippen molar-refractivity contribution in [3.05, 3.63) is 18.7 Å². The molecule has 4 N–H and O–H groups in total. The van der Waals surface area contributed by atoms with Crippen LogP contribution < -0.4 is 11.1 Å². The van der Waals surface area contributed by atoms with Crippen molar-refractivity contribution in [3.63, 3.8) is 0 Å². The van der Waals surface area contributed by atoms with Gasteiger partial charge in [0.25, 0.3) is 0 Å². The molecule has 0 saturated heterocycles. The summed E-state index contributed by atoms with van der Waals surface area (Å²) >= 11 is 0. The van der Waals surface area contributed by atoms with E-state index in [1.165, 1.54) is 0 Å². The molecule has 1 rings (SSSR count). The maximum Gasteiger partial charge on any atom is 0.322 e. The summed E-state index contributed by atoms with van der Waals surface area (Å²) in [6, 6.07) is 0. The van der Waals surface area contributed by atoms with Crippen LogP contribution in [-0.4, -0.2) is 39.6 Å². The van der Waals surface area contributed by atoms with E-state index in [1.54, 1.807) is 12.5 Å². The third-order valence-electron chi connectivity index (χ3n) is 1.26. The number of aromatic nitrogens is 2. The van der Waals surface area contributed by atoms with Crippen LogP contribution in [-0.2, 0) is 33.7 Å². The van der Waals surface area contributed by atoms with Crippen LogP contribution in [0, 0.1) is 0 Å². The number of nitrogens with two attached hydrogens (primary N) is 1. The van der Waals surface area contributed by atoms with E-state index in [0.717, 1.165) is 0 Å². The molecule has 0 aromatic carbocycles. The maximum absolute atomic E-state index is 10.2. The molecule has 0 aliphatic heterocycles. The Kier molecular flexibility index (Phi) is 10.8. The zero-order valence-corrected chi connectivity index (χ0v) is 9.62. The van der Waals surface area contributed by atoms with Gasteiger partial charge in [0, 0.05) is 36.5 Å². The minimum Gasteiger partial charge on any atom is -0.480 e. The van der Waals surface area contributed by atoms with Crippen molar-refractivity contribution < 1.29 is 31.8 Å². The number of rotatable bonds is 3. The molecule has 0 saturated carbocycles. The predicted molar refractivity (Wildman–Crippen MR) is 52.9 cm³/mol. The van der Waals surface area contributed by atoms with Gasteiger partial charge in [0.1, 0.15) is 6.54 Å². The first kappa shape index (κ1) is 17.0. The molecule has 0 bridgehead atoms. The molecule has 1 heterocycles. The van der Waals surface area contributed by atoms with Crippen molar-refractivity contribution in [2.24, 2.45) is 12.8 Å². The summed E-state index contributed by atoms with van der Waals surface area (Å²) in [5, 5.41) is 10.1. The monoisotopic (exact) mass is 277 g/mol. The first-order chi connectivity index (χ1) is 7.06. The van der Waals surface area contributed by atoms with Crippen LogP contribution in [0.25, 0.3) is 0 Å². The normalized spacial score (nSPS) is 8.12. The average molecular weight is 278 g/mol. The first-order valence-electron chi connectivity index (χ1n) is 4.16. The van der Waals surface area contributed by atoms with Crippen molar-refractivity contribution in [2.75, 3.05) is 13.1 Å². The summed E-state index contributed by atoms with van der Waals surface area (Å²) in [4.78, 5) is 23.8. The number of carboxylic acid groups (broad SMARTS) is 1. The number of amides is 1. The van der Waals surface area contributed by atoms with Gasteiger partial charge in [0.2, 0.25) is 5.91 Å². The van der Waals surface area contributed by atoms with Crippen molar-refractivity contribution in [3.8, 4) is 0 Å². The number of nitrogens with zero attached hydrogens (tertiary/aromatic N) is 2. The average Bonchev–Trinajstić information content (AvgIpc) is 2.66. The van der Waals surface area contributed by atoms with Crippen LogP contribution in [0.5, 0.6) is 0 Å². The smallest absolute Gasteiger partial charge is 0.322 e. The number of imidazole rings is 1. The molecule has 1 aromatic heterocycles. The molecular formula is C8H14CuN4O3. The van der Waals surface area contributed by atoms with Crippen molar-refractivity contribution in [1.29, 1.82) is 0 Å². The number of carbonyl (C=O) groups excluding carboxylic acids is 1. The summed E-state index contributed by atoms with van der Waals surface area (Å²) in [5.74, 6) is -1.53. The summed E-state index contributed by atoms with van der Waals surface area (Å²) < 4.78 is 1.89. The molecule has 0 aliphatic carbocycles. The molecule has 0 unspecified atom stereocenters. The van der Waals surface area contributed by atoms with Gasteiger partial charge in [-0.05, 0) is 0 Å². The molecule has 0 aliphatic rings. The van der Waals surface area contributed by atoms with Gasteiger partial charge < -0.3 is 20.7 Å². The molecule has 0 spiro atoms. The molecule has 1 aromatic rings. The number of hydrogen-bond acceptors (Lipinski definition) is 4. The zero-order valence-electron chi connectivity index (χ0n) is 8.68. The largest absolute Gasteiger partial charge is 0.480 e. The molecule has 16 heavy (non-hydrogen) atoms. The van der Waals surface area contributed by atoms with Crippen LogP contribution in [0.4, 0.5) is 0 Å². The number of carboxylic acids is 1. The number of hydrogen-bond donors (Lipinski definition) is 3. The third-order valence-corrected chi connectivity index (χ3v) is 1.26. The summed E-state index contributed by atoms with van der Waals surface area (Å²) in [5.41, 5.74) is 4.85. The number of carbonyl (C=O) groups is 2. The van der Waals surface area contributed by atoms with E-state index >= 15 is 0 Å². The Morgan fingerprint density at radius 3 is 2.44 bits per heavy atom. The Bertz CT molecular complexity index is 302. The van der Waals surface area contributed by atoms with E-state index < -0.39 is 11.9 Å². The van der Waals surface area contributed by atoms with Crippen molar-refractivity contribution >= 4 is 11.9 Å². The van der Waals surface area contributed by atoms with Crippen LogP contribution in [0.1, 0.15) is 0 Å². The summed E-state index contributed by atoms with van der Waals surface area (Å²) in [7, 11) is 1.94. The second-order valence-corrected chi connectivity index (χ2v) is 2.60. The van der Waals surface area contributed by atoms with E-state index in [-0.39, 0.29) is 30.2 Å². The fraction of sp³-hybridized carbons (Fsp3) is 0.375. The Morgan fingerprint density at radius 2 is 2.19 bits per heavy atom. The molecule has 0 atom stereocenters. The zero-order chi connectivity index (χ0) is 11.7. The Labute approximate surface area is 104 Å². The van der Waals surface area contributed by atoms with Gasteiger partial charge in [0.15, 0.2) is 0 Å². The summed E-state index contributed by atoms with van der Waals surface area (Å²) in [6.45, 7) is -0.538.